The Morgan fingerprint density at radius 3 is 2.44 bits per heavy atom. The third-order valence-electron chi connectivity index (χ3n) is 3.59. The van der Waals surface area contributed by atoms with E-state index in [4.69, 9.17) is 21.1 Å². The molecule has 2 N–H and O–H groups in total. The van der Waals surface area contributed by atoms with E-state index in [9.17, 15) is 9.59 Å². The number of nitrogens with one attached hydrogen (secondary N) is 2. The van der Waals surface area contributed by atoms with Crippen LogP contribution in [0.3, 0.4) is 0 Å². The fraction of sp³-hybridized carbons (Fsp3) is 0.529. The number of carbonyl (C=O) groups excluding carboxylic acids is 2. The highest BCUT2D eigenvalue weighted by molar-refractivity contribution is 6.34. The summed E-state index contributed by atoms with van der Waals surface area (Å²) in [5.74, 6) is -0.584. The molecular weight excluding hydrogens is 346 g/mol. The van der Waals surface area contributed by atoms with Gasteiger partial charge in [-0.15, -0.1) is 0 Å². The first-order chi connectivity index (χ1) is 11.7. The van der Waals surface area contributed by atoms with Gasteiger partial charge >= 0.3 is 12.1 Å². The van der Waals surface area contributed by atoms with Crippen LogP contribution >= 0.6 is 11.6 Å². The van der Waals surface area contributed by atoms with Crippen LogP contribution in [0.1, 0.15) is 31.1 Å². The van der Waals surface area contributed by atoms with Gasteiger partial charge < -0.3 is 19.7 Å². The molecule has 1 aliphatic rings. The molecule has 1 heterocycles. The standard InChI is InChI=1S/C17H24ClN3O4/c1-17(2,3)25-16(23)20-13-10-14(21-7-5-19-6-8-21)12(18)9-11(13)15(22)24-4/h9-10,19H,5-8H2,1-4H3,(H,20,23). The first-order valence-corrected chi connectivity index (χ1v) is 8.46. The minimum atomic E-state index is -0.649. The van der Waals surface area contributed by atoms with Crippen LogP contribution in [0.5, 0.6) is 0 Å². The van der Waals surface area contributed by atoms with Crippen LogP contribution in [0.4, 0.5) is 16.2 Å². The lowest BCUT2D eigenvalue weighted by atomic mass is 10.1. The number of halogens is 1. The SMILES string of the molecule is COC(=O)c1cc(Cl)c(N2CCNCC2)cc1NC(=O)OC(C)(C)C. The number of hydrogen-bond donors (Lipinski definition) is 2. The van der Waals surface area contributed by atoms with Crippen molar-refractivity contribution < 1.29 is 19.1 Å². The van der Waals surface area contributed by atoms with Crippen LogP contribution in [-0.4, -0.2) is 51.0 Å². The number of ether oxygens (including phenoxy) is 2. The summed E-state index contributed by atoms with van der Waals surface area (Å²) in [6.45, 7) is 8.53. The molecular formula is C17H24ClN3O4. The Labute approximate surface area is 152 Å². The Kier molecular flexibility index (Phi) is 6.13. The smallest absolute Gasteiger partial charge is 0.412 e. The minimum Gasteiger partial charge on any atom is -0.465 e. The van der Waals surface area contributed by atoms with Crippen molar-refractivity contribution in [3.05, 3.63) is 22.7 Å². The normalized spacial score (nSPS) is 14.8. The van der Waals surface area contributed by atoms with E-state index in [1.54, 1.807) is 26.8 Å². The van der Waals surface area contributed by atoms with Crippen molar-refractivity contribution in [3.63, 3.8) is 0 Å². The first-order valence-electron chi connectivity index (χ1n) is 8.09. The summed E-state index contributed by atoms with van der Waals surface area (Å²) < 4.78 is 10.1. The molecule has 1 amide bonds. The lowest BCUT2D eigenvalue weighted by molar-refractivity contribution is 0.0602. The average Bonchev–Trinajstić information content (AvgIpc) is 2.54. The van der Waals surface area contributed by atoms with Crippen molar-refractivity contribution in [3.8, 4) is 0 Å². The van der Waals surface area contributed by atoms with Crippen molar-refractivity contribution in [2.75, 3.05) is 43.5 Å². The topological polar surface area (TPSA) is 79.9 Å². The van der Waals surface area contributed by atoms with E-state index in [0.717, 1.165) is 31.9 Å². The number of esters is 1. The number of methoxy groups -OCH3 is 1. The lowest BCUT2D eigenvalue weighted by Crippen LogP contribution is -2.43. The summed E-state index contributed by atoms with van der Waals surface area (Å²) in [5.41, 5.74) is 0.585. The van der Waals surface area contributed by atoms with Crippen LogP contribution in [0.25, 0.3) is 0 Å². The molecule has 1 aromatic carbocycles. The second-order valence-corrected chi connectivity index (χ2v) is 7.11. The second kappa shape index (κ2) is 7.93. The monoisotopic (exact) mass is 369 g/mol. The number of amides is 1. The predicted octanol–water partition coefficient (Wildman–Crippen LogP) is 2.88. The number of rotatable bonds is 3. The Bertz CT molecular complexity index is 652. The van der Waals surface area contributed by atoms with Gasteiger partial charge in [0.2, 0.25) is 0 Å². The molecule has 1 saturated heterocycles. The zero-order valence-corrected chi connectivity index (χ0v) is 15.7. The van der Waals surface area contributed by atoms with Gasteiger partial charge in [0.15, 0.2) is 0 Å². The first kappa shape index (κ1) is 19.3. The van der Waals surface area contributed by atoms with Crippen molar-refractivity contribution in [2.24, 2.45) is 0 Å². The number of carbonyl (C=O) groups is 2. The summed E-state index contributed by atoms with van der Waals surface area (Å²) in [5, 5.41) is 6.32. The highest BCUT2D eigenvalue weighted by Gasteiger charge is 2.23. The van der Waals surface area contributed by atoms with Gasteiger partial charge in [-0.05, 0) is 32.9 Å². The van der Waals surface area contributed by atoms with Crippen LogP contribution in [0.2, 0.25) is 5.02 Å². The molecule has 1 aliphatic heterocycles. The van der Waals surface area contributed by atoms with Crippen LogP contribution in [0, 0.1) is 0 Å². The number of piperazine rings is 1. The molecule has 0 saturated carbocycles. The maximum Gasteiger partial charge on any atom is 0.412 e. The number of benzene rings is 1. The summed E-state index contributed by atoms with van der Waals surface area (Å²) in [6, 6.07) is 3.20. The van der Waals surface area contributed by atoms with Crippen molar-refractivity contribution >= 4 is 35.0 Å². The van der Waals surface area contributed by atoms with Gasteiger partial charge in [0.1, 0.15) is 5.60 Å². The van der Waals surface area contributed by atoms with E-state index in [1.165, 1.54) is 13.2 Å². The summed E-state index contributed by atoms with van der Waals surface area (Å²) in [7, 11) is 1.28. The van der Waals surface area contributed by atoms with E-state index >= 15 is 0 Å². The minimum absolute atomic E-state index is 0.178. The summed E-state index contributed by atoms with van der Waals surface area (Å²) >= 11 is 6.36. The van der Waals surface area contributed by atoms with E-state index in [2.05, 4.69) is 15.5 Å². The molecule has 2 rings (SSSR count). The predicted molar refractivity (Wildman–Crippen MR) is 97.7 cm³/mol. The molecule has 8 heteroatoms. The fourth-order valence-corrected chi connectivity index (χ4v) is 2.79. The second-order valence-electron chi connectivity index (χ2n) is 6.70. The molecule has 0 spiro atoms. The molecule has 0 unspecified atom stereocenters. The molecule has 1 fully saturated rings. The highest BCUT2D eigenvalue weighted by atomic mass is 35.5. The maximum absolute atomic E-state index is 12.1. The van der Waals surface area contributed by atoms with Crippen molar-refractivity contribution in [1.29, 1.82) is 0 Å². The van der Waals surface area contributed by atoms with E-state index in [0.29, 0.717) is 10.7 Å². The summed E-state index contributed by atoms with van der Waals surface area (Å²) in [4.78, 5) is 26.3. The van der Waals surface area contributed by atoms with Crippen LogP contribution < -0.4 is 15.5 Å². The quantitative estimate of drug-likeness (QED) is 0.797. The highest BCUT2D eigenvalue weighted by Crippen LogP contribution is 2.33. The fourth-order valence-electron chi connectivity index (χ4n) is 2.51. The number of nitrogens with zero attached hydrogens (tertiary/aromatic N) is 1. The van der Waals surface area contributed by atoms with Gasteiger partial charge in [0.25, 0.3) is 0 Å². The lowest BCUT2D eigenvalue weighted by Gasteiger charge is -2.31. The maximum atomic E-state index is 12.1. The Morgan fingerprint density at radius 1 is 1.24 bits per heavy atom. The molecule has 0 aromatic heterocycles. The van der Waals surface area contributed by atoms with Crippen molar-refractivity contribution in [1.82, 2.24) is 5.32 Å². The zero-order chi connectivity index (χ0) is 18.6. The molecule has 7 nitrogen and oxygen atoms in total. The van der Waals surface area contributed by atoms with Gasteiger partial charge in [0.05, 0.1) is 29.1 Å². The summed E-state index contributed by atoms with van der Waals surface area (Å²) in [6.07, 6.45) is -0.647. The van der Waals surface area contributed by atoms with Crippen LogP contribution in [0.15, 0.2) is 12.1 Å². The molecule has 0 radical (unpaired) electrons. The van der Waals surface area contributed by atoms with Gasteiger partial charge in [-0.2, -0.15) is 0 Å². The van der Waals surface area contributed by atoms with Gasteiger partial charge in [-0.3, -0.25) is 5.32 Å². The van der Waals surface area contributed by atoms with Gasteiger partial charge in [-0.25, -0.2) is 9.59 Å². The third-order valence-corrected chi connectivity index (χ3v) is 3.89. The van der Waals surface area contributed by atoms with Crippen molar-refractivity contribution in [2.45, 2.75) is 26.4 Å². The largest absolute Gasteiger partial charge is 0.465 e. The third kappa shape index (κ3) is 5.24. The van der Waals surface area contributed by atoms with E-state index in [1.807, 2.05) is 0 Å². The molecule has 0 atom stereocenters. The van der Waals surface area contributed by atoms with E-state index in [-0.39, 0.29) is 5.56 Å². The molecule has 25 heavy (non-hydrogen) atoms. The van der Waals surface area contributed by atoms with Crippen LogP contribution in [-0.2, 0) is 9.47 Å². The molecule has 0 aliphatic carbocycles. The number of anilines is 2. The molecule has 138 valence electrons. The average molecular weight is 370 g/mol. The Hall–Kier alpha value is -1.99. The van der Waals surface area contributed by atoms with Gasteiger partial charge in [-0.1, -0.05) is 11.6 Å². The zero-order valence-electron chi connectivity index (χ0n) is 14.9. The van der Waals surface area contributed by atoms with Gasteiger partial charge in [0, 0.05) is 26.2 Å². The van der Waals surface area contributed by atoms with E-state index < -0.39 is 17.7 Å². The Balaban J connectivity index is 2.35. The molecule has 0 bridgehead atoms. The Morgan fingerprint density at radius 2 is 1.88 bits per heavy atom. The molecule has 1 aromatic rings. The number of hydrogen-bond acceptors (Lipinski definition) is 6.